The molecule has 4 N–H and O–H groups in total. The van der Waals surface area contributed by atoms with Gasteiger partial charge in [-0.3, -0.25) is 4.79 Å². The van der Waals surface area contributed by atoms with Gasteiger partial charge in [-0.1, -0.05) is 12.2 Å². The summed E-state index contributed by atoms with van der Waals surface area (Å²) in [6.45, 7) is 2.72. The molecule has 1 rings (SSSR count). The van der Waals surface area contributed by atoms with Crippen molar-refractivity contribution < 1.29 is 15.0 Å². The Balaban J connectivity index is 2.86. The molecule has 0 radical (unpaired) electrons. The van der Waals surface area contributed by atoms with Gasteiger partial charge < -0.3 is 20.8 Å². The first-order valence-corrected chi connectivity index (χ1v) is 5.96. The van der Waals surface area contributed by atoms with Gasteiger partial charge in [0.1, 0.15) is 11.5 Å². The van der Waals surface area contributed by atoms with Crippen LogP contribution in [0.2, 0.25) is 0 Å². The number of amides is 1. The second kappa shape index (κ2) is 6.20. The minimum absolute atomic E-state index is 0.0877. The molecule has 0 heterocycles. The van der Waals surface area contributed by atoms with Crippen molar-refractivity contribution >= 4 is 23.1 Å². The van der Waals surface area contributed by atoms with Gasteiger partial charge in [0.05, 0.1) is 10.6 Å². The van der Waals surface area contributed by atoms with E-state index in [0.717, 1.165) is 6.07 Å². The van der Waals surface area contributed by atoms with E-state index in [1.54, 1.807) is 0 Å². The number of hydrogen-bond donors (Lipinski definition) is 3. The van der Waals surface area contributed by atoms with E-state index in [1.165, 1.54) is 17.0 Å². The molecule has 0 atom stereocenters. The Bertz CT molecular complexity index is 463. The van der Waals surface area contributed by atoms with Crippen molar-refractivity contribution in [3.63, 3.8) is 0 Å². The predicted molar refractivity (Wildman–Crippen MR) is 72.8 cm³/mol. The van der Waals surface area contributed by atoms with Gasteiger partial charge in [0.2, 0.25) is 0 Å². The van der Waals surface area contributed by atoms with Crippen LogP contribution in [0.3, 0.4) is 0 Å². The van der Waals surface area contributed by atoms with E-state index in [9.17, 15) is 15.0 Å². The maximum Gasteiger partial charge on any atom is 0.257 e. The number of phenolic OH excluding ortho intramolecular Hbond substituents is 2. The number of rotatable bonds is 5. The van der Waals surface area contributed by atoms with E-state index >= 15 is 0 Å². The summed E-state index contributed by atoms with van der Waals surface area (Å²) in [6, 6.07) is 3.87. The molecular formula is C12H16N2O3S. The lowest BCUT2D eigenvalue weighted by atomic mass is 10.1. The van der Waals surface area contributed by atoms with E-state index in [2.05, 4.69) is 0 Å². The Morgan fingerprint density at radius 3 is 2.61 bits per heavy atom. The Morgan fingerprint density at radius 2 is 2.11 bits per heavy atom. The molecule has 0 saturated carbocycles. The Hall–Kier alpha value is -1.82. The van der Waals surface area contributed by atoms with E-state index < -0.39 is 0 Å². The van der Waals surface area contributed by atoms with Crippen LogP contribution in [-0.4, -0.2) is 39.1 Å². The molecule has 98 valence electrons. The van der Waals surface area contributed by atoms with E-state index in [1.807, 2.05) is 6.92 Å². The first kappa shape index (κ1) is 14.2. The van der Waals surface area contributed by atoms with Crippen LogP contribution in [-0.2, 0) is 0 Å². The number of nitrogens with zero attached hydrogens (tertiary/aromatic N) is 1. The zero-order valence-corrected chi connectivity index (χ0v) is 10.9. The molecule has 5 nitrogen and oxygen atoms in total. The topological polar surface area (TPSA) is 86.8 Å². The summed E-state index contributed by atoms with van der Waals surface area (Å²) >= 11 is 4.77. The van der Waals surface area contributed by atoms with E-state index in [0.29, 0.717) is 24.5 Å². The lowest BCUT2D eigenvalue weighted by Gasteiger charge is -2.21. The van der Waals surface area contributed by atoms with Crippen LogP contribution in [0.25, 0.3) is 0 Å². The largest absolute Gasteiger partial charge is 0.508 e. The smallest absolute Gasteiger partial charge is 0.257 e. The quantitative estimate of drug-likeness (QED) is 0.699. The average Bonchev–Trinajstić information content (AvgIpc) is 2.29. The summed E-state index contributed by atoms with van der Waals surface area (Å²) in [4.78, 5) is 14.0. The minimum atomic E-state index is -0.314. The Kier molecular flexibility index (Phi) is 4.91. The van der Waals surface area contributed by atoms with Crippen LogP contribution in [0.4, 0.5) is 0 Å². The third-order valence-corrected chi connectivity index (χ3v) is 2.71. The number of carbonyl (C=O) groups excluding carboxylic acids is 1. The second-order valence-electron chi connectivity index (χ2n) is 3.80. The molecule has 0 aliphatic heterocycles. The molecular weight excluding hydrogens is 252 g/mol. The van der Waals surface area contributed by atoms with Gasteiger partial charge >= 0.3 is 0 Å². The highest BCUT2D eigenvalue weighted by Gasteiger charge is 2.17. The number of benzene rings is 1. The van der Waals surface area contributed by atoms with Gasteiger partial charge in [-0.2, -0.15) is 0 Å². The molecule has 0 bridgehead atoms. The number of hydrogen-bond acceptors (Lipinski definition) is 4. The van der Waals surface area contributed by atoms with Crippen molar-refractivity contribution in [1.29, 1.82) is 0 Å². The first-order valence-electron chi connectivity index (χ1n) is 5.55. The third-order valence-electron chi connectivity index (χ3n) is 2.51. The van der Waals surface area contributed by atoms with Gasteiger partial charge in [-0.25, -0.2) is 0 Å². The van der Waals surface area contributed by atoms with E-state index in [-0.39, 0.29) is 23.0 Å². The number of thiocarbonyl (C=S) groups is 1. The van der Waals surface area contributed by atoms with Gasteiger partial charge in [-0.05, 0) is 19.1 Å². The molecule has 0 unspecified atom stereocenters. The van der Waals surface area contributed by atoms with Crippen LogP contribution < -0.4 is 5.73 Å². The summed E-state index contributed by atoms with van der Waals surface area (Å²) in [5.74, 6) is -0.643. The lowest BCUT2D eigenvalue weighted by Crippen LogP contribution is -2.33. The summed E-state index contributed by atoms with van der Waals surface area (Å²) in [6.07, 6.45) is 0.438. The fraction of sp³-hybridized carbons (Fsp3) is 0.333. The fourth-order valence-corrected chi connectivity index (χ4v) is 1.61. The highest BCUT2D eigenvalue weighted by atomic mass is 32.1. The monoisotopic (exact) mass is 268 g/mol. The molecule has 1 aromatic carbocycles. The van der Waals surface area contributed by atoms with Gasteiger partial charge in [0.25, 0.3) is 5.91 Å². The highest BCUT2D eigenvalue weighted by molar-refractivity contribution is 7.80. The zero-order chi connectivity index (χ0) is 13.7. The molecule has 18 heavy (non-hydrogen) atoms. The average molecular weight is 268 g/mol. The van der Waals surface area contributed by atoms with Crippen molar-refractivity contribution in [3.8, 4) is 11.5 Å². The van der Waals surface area contributed by atoms with Gasteiger partial charge in [0.15, 0.2) is 0 Å². The minimum Gasteiger partial charge on any atom is -0.508 e. The molecule has 0 fully saturated rings. The summed E-state index contributed by atoms with van der Waals surface area (Å²) in [5, 5.41) is 18.8. The molecule has 6 heteroatoms. The first-order chi connectivity index (χ1) is 8.45. The van der Waals surface area contributed by atoms with Crippen molar-refractivity contribution in [2.75, 3.05) is 13.1 Å². The summed E-state index contributed by atoms with van der Waals surface area (Å²) < 4.78 is 0. The molecule has 1 amide bonds. The molecule has 0 aliphatic carbocycles. The van der Waals surface area contributed by atoms with Crippen LogP contribution in [0.15, 0.2) is 18.2 Å². The normalized spacial score (nSPS) is 10.1. The molecule has 0 aliphatic rings. The van der Waals surface area contributed by atoms with Gasteiger partial charge in [0, 0.05) is 25.6 Å². The fourth-order valence-electron chi connectivity index (χ4n) is 1.52. The van der Waals surface area contributed by atoms with Crippen LogP contribution >= 0.6 is 12.2 Å². The highest BCUT2D eigenvalue weighted by Crippen LogP contribution is 2.23. The Morgan fingerprint density at radius 1 is 1.44 bits per heavy atom. The van der Waals surface area contributed by atoms with Crippen molar-refractivity contribution in [2.45, 2.75) is 13.3 Å². The van der Waals surface area contributed by atoms with Crippen LogP contribution in [0.5, 0.6) is 11.5 Å². The number of phenols is 2. The third kappa shape index (κ3) is 3.59. The summed E-state index contributed by atoms with van der Waals surface area (Å²) in [7, 11) is 0. The maximum atomic E-state index is 12.1. The van der Waals surface area contributed by atoms with E-state index in [4.69, 9.17) is 18.0 Å². The number of nitrogens with two attached hydrogens (primary N) is 1. The van der Waals surface area contributed by atoms with Crippen molar-refractivity contribution in [2.24, 2.45) is 5.73 Å². The molecule has 0 saturated heterocycles. The van der Waals surface area contributed by atoms with Crippen LogP contribution in [0, 0.1) is 0 Å². The molecule has 0 aromatic heterocycles. The summed E-state index contributed by atoms with van der Waals surface area (Å²) in [5.41, 5.74) is 5.55. The maximum absolute atomic E-state index is 12.1. The lowest BCUT2D eigenvalue weighted by molar-refractivity contribution is 0.0766. The van der Waals surface area contributed by atoms with Gasteiger partial charge in [-0.15, -0.1) is 0 Å². The van der Waals surface area contributed by atoms with Crippen LogP contribution in [0.1, 0.15) is 23.7 Å². The number of carbonyl (C=O) groups is 1. The predicted octanol–water partition coefficient (Wildman–Crippen LogP) is 1.24. The molecule has 1 aromatic rings. The van der Waals surface area contributed by atoms with Crippen molar-refractivity contribution in [3.05, 3.63) is 23.8 Å². The Labute approximate surface area is 111 Å². The van der Waals surface area contributed by atoms with Crippen molar-refractivity contribution in [1.82, 2.24) is 4.90 Å². The number of aromatic hydroxyl groups is 2. The SMILES string of the molecule is CCN(CCC(N)=S)C(=O)c1ccc(O)cc1O. The molecule has 0 spiro atoms. The standard InChI is InChI=1S/C12H16N2O3S/c1-2-14(6-5-11(13)18)12(17)9-4-3-8(15)7-10(9)16/h3-4,7,15-16H,2,5-6H2,1H3,(H2,13,18). The zero-order valence-electron chi connectivity index (χ0n) is 10.1. The second-order valence-corrected chi connectivity index (χ2v) is 4.33.